The summed E-state index contributed by atoms with van der Waals surface area (Å²) in [6, 6.07) is 17.8. The fourth-order valence-electron chi connectivity index (χ4n) is 2.67. The molecular formula is C19H18O4S. The Hall–Kier alpha value is -2.40. The van der Waals surface area contributed by atoms with Crippen molar-refractivity contribution in [3.05, 3.63) is 66.2 Å². The van der Waals surface area contributed by atoms with Crippen molar-refractivity contribution in [3.63, 3.8) is 0 Å². The lowest BCUT2D eigenvalue weighted by atomic mass is 10.0. The van der Waals surface area contributed by atoms with Crippen LogP contribution in [0.25, 0.3) is 17.2 Å². The summed E-state index contributed by atoms with van der Waals surface area (Å²) < 4.78 is 27.9. The van der Waals surface area contributed by atoms with Crippen LogP contribution in [0.3, 0.4) is 0 Å². The average molecular weight is 342 g/mol. The smallest absolute Gasteiger partial charge is 0.331 e. The first-order valence-electron chi connectivity index (χ1n) is 7.76. The minimum absolute atomic E-state index is 0.0733. The Bertz CT molecular complexity index is 854. The van der Waals surface area contributed by atoms with Crippen molar-refractivity contribution in [3.8, 4) is 11.1 Å². The summed E-state index contributed by atoms with van der Waals surface area (Å²) in [5.41, 5.74) is 3.05. The molecule has 4 nitrogen and oxygen atoms in total. The standard InChI is InChI=1S/C19H18O4S/c20-19(23-18-11-12-24(21,22)14-18)10-9-15-5-4-8-17(13-15)16-6-2-1-3-7-16/h1-10,13,18H,11-12,14H2/b10-9+. The predicted molar refractivity (Wildman–Crippen MR) is 94.1 cm³/mol. The van der Waals surface area contributed by atoms with Gasteiger partial charge in [-0.25, -0.2) is 13.2 Å². The van der Waals surface area contributed by atoms with Gasteiger partial charge in [0.1, 0.15) is 6.10 Å². The molecule has 5 heteroatoms. The van der Waals surface area contributed by atoms with Gasteiger partial charge in [0, 0.05) is 6.08 Å². The zero-order valence-corrected chi connectivity index (χ0v) is 13.9. The summed E-state index contributed by atoms with van der Waals surface area (Å²) in [5, 5.41) is 0. The van der Waals surface area contributed by atoms with Crippen LogP contribution in [0, 0.1) is 0 Å². The lowest BCUT2D eigenvalue weighted by molar-refractivity contribution is -0.141. The van der Waals surface area contributed by atoms with Crippen LogP contribution in [-0.2, 0) is 19.4 Å². The van der Waals surface area contributed by atoms with Gasteiger partial charge in [0.15, 0.2) is 9.84 Å². The van der Waals surface area contributed by atoms with E-state index in [1.807, 2.05) is 54.6 Å². The Morgan fingerprint density at radius 1 is 1.04 bits per heavy atom. The van der Waals surface area contributed by atoms with E-state index in [4.69, 9.17) is 4.74 Å². The van der Waals surface area contributed by atoms with Crippen molar-refractivity contribution < 1.29 is 17.9 Å². The zero-order chi connectivity index (χ0) is 17.0. The maximum absolute atomic E-state index is 11.8. The number of hydrogen-bond donors (Lipinski definition) is 0. The van der Waals surface area contributed by atoms with Gasteiger partial charge in [-0.3, -0.25) is 0 Å². The molecule has 2 aromatic carbocycles. The molecule has 1 fully saturated rings. The van der Waals surface area contributed by atoms with Gasteiger partial charge in [-0.1, -0.05) is 48.5 Å². The van der Waals surface area contributed by atoms with Crippen molar-refractivity contribution in [2.45, 2.75) is 12.5 Å². The molecule has 0 aromatic heterocycles. The van der Waals surface area contributed by atoms with Gasteiger partial charge in [-0.15, -0.1) is 0 Å². The zero-order valence-electron chi connectivity index (χ0n) is 13.1. The van der Waals surface area contributed by atoms with Gasteiger partial charge in [-0.2, -0.15) is 0 Å². The Labute approximate surface area is 141 Å². The van der Waals surface area contributed by atoms with E-state index in [1.54, 1.807) is 6.08 Å². The van der Waals surface area contributed by atoms with E-state index in [9.17, 15) is 13.2 Å². The minimum atomic E-state index is -3.05. The number of carbonyl (C=O) groups excluding carboxylic acids is 1. The summed E-state index contributed by atoms with van der Waals surface area (Å²) in [5.74, 6) is -0.494. The van der Waals surface area contributed by atoms with Crippen molar-refractivity contribution in [2.75, 3.05) is 11.5 Å². The third-order valence-electron chi connectivity index (χ3n) is 3.88. The molecular weight excluding hydrogens is 324 g/mol. The number of sulfone groups is 1. The Morgan fingerprint density at radius 3 is 2.50 bits per heavy atom. The molecule has 1 unspecified atom stereocenters. The molecule has 2 aromatic rings. The predicted octanol–water partition coefficient (Wildman–Crippen LogP) is 3.10. The molecule has 0 bridgehead atoms. The van der Waals surface area contributed by atoms with E-state index in [0.717, 1.165) is 16.7 Å². The number of benzene rings is 2. The molecule has 24 heavy (non-hydrogen) atoms. The van der Waals surface area contributed by atoms with E-state index >= 15 is 0 Å². The maximum Gasteiger partial charge on any atom is 0.331 e. The topological polar surface area (TPSA) is 60.4 Å². The van der Waals surface area contributed by atoms with E-state index in [-0.39, 0.29) is 11.5 Å². The van der Waals surface area contributed by atoms with Crippen LogP contribution in [0.5, 0.6) is 0 Å². The highest BCUT2D eigenvalue weighted by Gasteiger charge is 2.30. The molecule has 1 heterocycles. The number of hydrogen-bond acceptors (Lipinski definition) is 4. The van der Waals surface area contributed by atoms with E-state index in [1.165, 1.54) is 6.08 Å². The summed E-state index contributed by atoms with van der Waals surface area (Å²) >= 11 is 0. The first-order chi connectivity index (χ1) is 11.5. The summed E-state index contributed by atoms with van der Waals surface area (Å²) in [6.45, 7) is 0. The molecule has 1 saturated heterocycles. The SMILES string of the molecule is O=C(/C=C/c1cccc(-c2ccccc2)c1)OC1CCS(=O)(=O)C1. The highest BCUT2D eigenvalue weighted by molar-refractivity contribution is 7.91. The molecule has 124 valence electrons. The number of rotatable bonds is 4. The Balaban J connectivity index is 1.65. The molecule has 0 amide bonds. The van der Waals surface area contributed by atoms with Crippen LogP contribution < -0.4 is 0 Å². The summed E-state index contributed by atoms with van der Waals surface area (Å²) in [7, 11) is -3.05. The van der Waals surface area contributed by atoms with Crippen LogP contribution in [0.2, 0.25) is 0 Å². The van der Waals surface area contributed by atoms with Crippen molar-refractivity contribution >= 4 is 21.9 Å². The molecule has 1 aliphatic rings. The second kappa shape index (κ2) is 7.01. The normalized spacial score (nSPS) is 19.4. The van der Waals surface area contributed by atoms with Gasteiger partial charge in [-0.05, 0) is 35.3 Å². The molecule has 0 saturated carbocycles. The maximum atomic E-state index is 11.8. The minimum Gasteiger partial charge on any atom is -0.458 e. The van der Waals surface area contributed by atoms with E-state index in [0.29, 0.717) is 6.42 Å². The molecule has 0 radical (unpaired) electrons. The summed E-state index contributed by atoms with van der Waals surface area (Å²) in [6.07, 6.45) is 2.88. The van der Waals surface area contributed by atoms with E-state index < -0.39 is 21.9 Å². The van der Waals surface area contributed by atoms with Crippen LogP contribution in [0.4, 0.5) is 0 Å². The Morgan fingerprint density at radius 2 is 1.79 bits per heavy atom. The van der Waals surface area contributed by atoms with Gasteiger partial charge >= 0.3 is 5.97 Å². The molecule has 0 aliphatic carbocycles. The van der Waals surface area contributed by atoms with Gasteiger partial charge < -0.3 is 4.74 Å². The molecule has 1 aliphatic heterocycles. The lowest BCUT2D eigenvalue weighted by Gasteiger charge is -2.07. The average Bonchev–Trinajstić information content (AvgIpc) is 2.92. The first kappa shape index (κ1) is 16.5. The molecule has 3 rings (SSSR count). The van der Waals surface area contributed by atoms with Crippen molar-refractivity contribution in [1.82, 2.24) is 0 Å². The highest BCUT2D eigenvalue weighted by Crippen LogP contribution is 2.21. The fourth-order valence-corrected chi connectivity index (χ4v) is 4.26. The second-order valence-electron chi connectivity index (χ2n) is 5.79. The van der Waals surface area contributed by atoms with Gasteiger partial charge in [0.2, 0.25) is 0 Å². The first-order valence-corrected chi connectivity index (χ1v) is 9.59. The lowest BCUT2D eigenvalue weighted by Crippen LogP contribution is -2.17. The Kier molecular flexibility index (Phi) is 4.81. The highest BCUT2D eigenvalue weighted by atomic mass is 32.2. The van der Waals surface area contributed by atoms with Crippen LogP contribution in [0.15, 0.2) is 60.7 Å². The van der Waals surface area contributed by atoms with Crippen LogP contribution in [0.1, 0.15) is 12.0 Å². The van der Waals surface area contributed by atoms with Crippen molar-refractivity contribution in [2.24, 2.45) is 0 Å². The van der Waals surface area contributed by atoms with Crippen LogP contribution >= 0.6 is 0 Å². The third kappa shape index (κ3) is 4.32. The monoisotopic (exact) mass is 342 g/mol. The van der Waals surface area contributed by atoms with Gasteiger partial charge in [0.05, 0.1) is 11.5 Å². The number of esters is 1. The summed E-state index contributed by atoms with van der Waals surface area (Å²) in [4.78, 5) is 11.8. The third-order valence-corrected chi connectivity index (χ3v) is 5.62. The van der Waals surface area contributed by atoms with Crippen molar-refractivity contribution in [1.29, 1.82) is 0 Å². The van der Waals surface area contributed by atoms with E-state index in [2.05, 4.69) is 0 Å². The van der Waals surface area contributed by atoms with Crippen LogP contribution in [-0.4, -0.2) is 32.0 Å². The molecule has 1 atom stereocenters. The van der Waals surface area contributed by atoms with Gasteiger partial charge in [0.25, 0.3) is 0 Å². The second-order valence-corrected chi connectivity index (χ2v) is 8.02. The quantitative estimate of drug-likeness (QED) is 0.633. The molecule has 0 N–H and O–H groups in total. The molecule has 0 spiro atoms. The number of carbonyl (C=O) groups is 1. The number of ether oxygens (including phenoxy) is 1. The fraction of sp³-hybridized carbons (Fsp3) is 0.211. The largest absolute Gasteiger partial charge is 0.458 e.